The van der Waals surface area contributed by atoms with Gasteiger partial charge in [-0.25, -0.2) is 4.39 Å². The van der Waals surface area contributed by atoms with Crippen molar-refractivity contribution in [3.05, 3.63) is 65.7 Å². The quantitative estimate of drug-likeness (QED) is 0.691. The fourth-order valence-corrected chi connectivity index (χ4v) is 3.18. The standard InChI is InChI=1S/C20H18FN3O3/c1-26-16-8-6-13(7-9-16)20-22-19(23-27-20)15-10-18(25)24(12-15)11-14-4-2-3-5-17(14)21/h2-9,15H,10-12H2,1H3. The molecule has 7 heteroatoms. The molecule has 1 fully saturated rings. The van der Waals surface area contributed by atoms with E-state index < -0.39 is 0 Å². The van der Waals surface area contributed by atoms with E-state index >= 15 is 0 Å². The molecular formula is C20H18FN3O3. The SMILES string of the molecule is COc1ccc(-c2nc(C3CC(=O)N(Cc4ccccc4F)C3)no2)cc1. The van der Waals surface area contributed by atoms with Gasteiger partial charge < -0.3 is 14.2 Å². The predicted octanol–water partition coefficient (Wildman–Crippen LogP) is 3.40. The van der Waals surface area contributed by atoms with Crippen molar-refractivity contribution in [3.8, 4) is 17.2 Å². The second kappa shape index (κ2) is 7.19. The number of carbonyl (C=O) groups excluding carboxylic acids is 1. The number of nitrogens with zero attached hydrogens (tertiary/aromatic N) is 3. The molecule has 138 valence electrons. The van der Waals surface area contributed by atoms with Gasteiger partial charge in [0.25, 0.3) is 5.89 Å². The number of rotatable bonds is 5. The maximum absolute atomic E-state index is 13.8. The molecular weight excluding hydrogens is 349 g/mol. The third-order valence-corrected chi connectivity index (χ3v) is 4.68. The van der Waals surface area contributed by atoms with Gasteiger partial charge in [-0.15, -0.1) is 0 Å². The zero-order valence-corrected chi connectivity index (χ0v) is 14.8. The van der Waals surface area contributed by atoms with E-state index in [1.807, 2.05) is 24.3 Å². The highest BCUT2D eigenvalue weighted by Gasteiger charge is 2.34. The molecule has 0 bridgehead atoms. The van der Waals surface area contributed by atoms with Crippen LogP contribution in [0.25, 0.3) is 11.5 Å². The summed E-state index contributed by atoms with van der Waals surface area (Å²) >= 11 is 0. The molecule has 1 atom stereocenters. The van der Waals surface area contributed by atoms with Gasteiger partial charge in [0, 0.05) is 36.6 Å². The van der Waals surface area contributed by atoms with Crippen molar-refractivity contribution < 1.29 is 18.4 Å². The summed E-state index contributed by atoms with van der Waals surface area (Å²) < 4.78 is 24.3. The average Bonchev–Trinajstić information content (AvgIpc) is 3.31. The number of carbonyl (C=O) groups is 1. The summed E-state index contributed by atoms with van der Waals surface area (Å²) in [5.74, 6) is 1.11. The zero-order valence-electron chi connectivity index (χ0n) is 14.8. The Morgan fingerprint density at radius 2 is 2.00 bits per heavy atom. The van der Waals surface area contributed by atoms with Gasteiger partial charge in [-0.3, -0.25) is 4.79 Å². The fraction of sp³-hybridized carbons (Fsp3) is 0.250. The predicted molar refractivity (Wildman–Crippen MR) is 95.5 cm³/mol. The summed E-state index contributed by atoms with van der Waals surface area (Å²) in [5.41, 5.74) is 1.28. The Morgan fingerprint density at radius 1 is 1.22 bits per heavy atom. The molecule has 1 aliphatic heterocycles. The van der Waals surface area contributed by atoms with Crippen LogP contribution < -0.4 is 4.74 Å². The second-order valence-corrected chi connectivity index (χ2v) is 6.45. The minimum absolute atomic E-state index is 0.0425. The molecule has 0 aliphatic carbocycles. The molecule has 1 aliphatic rings. The highest BCUT2D eigenvalue weighted by molar-refractivity contribution is 5.79. The van der Waals surface area contributed by atoms with Crippen LogP contribution in [-0.2, 0) is 11.3 Å². The third-order valence-electron chi connectivity index (χ3n) is 4.68. The third kappa shape index (κ3) is 3.53. The summed E-state index contributed by atoms with van der Waals surface area (Å²) in [5, 5.41) is 4.04. The van der Waals surface area contributed by atoms with Crippen LogP contribution in [0.15, 0.2) is 53.1 Å². The van der Waals surface area contributed by atoms with Gasteiger partial charge in [-0.2, -0.15) is 4.98 Å². The van der Waals surface area contributed by atoms with Crippen LogP contribution in [0.5, 0.6) is 5.75 Å². The van der Waals surface area contributed by atoms with E-state index in [1.54, 1.807) is 30.2 Å². The topological polar surface area (TPSA) is 68.5 Å². The molecule has 6 nitrogen and oxygen atoms in total. The van der Waals surface area contributed by atoms with E-state index in [0.717, 1.165) is 11.3 Å². The number of benzene rings is 2. The van der Waals surface area contributed by atoms with Crippen LogP contribution in [0.4, 0.5) is 4.39 Å². The van der Waals surface area contributed by atoms with Crippen LogP contribution in [-0.4, -0.2) is 34.6 Å². The molecule has 1 amide bonds. The lowest BCUT2D eigenvalue weighted by atomic mass is 10.1. The average molecular weight is 367 g/mol. The number of ether oxygens (including phenoxy) is 1. The number of hydrogen-bond acceptors (Lipinski definition) is 5. The molecule has 0 saturated carbocycles. The van der Waals surface area contributed by atoms with Gasteiger partial charge >= 0.3 is 0 Å². The van der Waals surface area contributed by atoms with Gasteiger partial charge in [-0.05, 0) is 30.3 Å². The Hall–Kier alpha value is -3.22. The number of methoxy groups -OCH3 is 1. The lowest BCUT2D eigenvalue weighted by Gasteiger charge is -2.16. The molecule has 2 aromatic carbocycles. The highest BCUT2D eigenvalue weighted by Crippen LogP contribution is 2.30. The number of amides is 1. The van der Waals surface area contributed by atoms with Crippen LogP contribution in [0.2, 0.25) is 0 Å². The molecule has 0 N–H and O–H groups in total. The molecule has 27 heavy (non-hydrogen) atoms. The number of aromatic nitrogens is 2. The maximum Gasteiger partial charge on any atom is 0.257 e. The molecule has 0 spiro atoms. The van der Waals surface area contributed by atoms with Crippen LogP contribution in [0.3, 0.4) is 0 Å². The monoisotopic (exact) mass is 367 g/mol. The summed E-state index contributed by atoms with van der Waals surface area (Å²) in [6, 6.07) is 13.8. The largest absolute Gasteiger partial charge is 0.497 e. The Labute approximate surface area is 155 Å². The Balaban J connectivity index is 1.47. The first kappa shape index (κ1) is 17.2. The van der Waals surface area contributed by atoms with Crippen molar-refractivity contribution in [1.82, 2.24) is 15.0 Å². The van der Waals surface area contributed by atoms with Crippen molar-refractivity contribution in [1.29, 1.82) is 0 Å². The maximum atomic E-state index is 13.8. The molecule has 4 rings (SSSR count). The van der Waals surface area contributed by atoms with E-state index in [9.17, 15) is 9.18 Å². The van der Waals surface area contributed by atoms with Crippen molar-refractivity contribution in [2.75, 3.05) is 13.7 Å². The molecule has 0 radical (unpaired) electrons. The zero-order chi connectivity index (χ0) is 18.8. The lowest BCUT2D eigenvalue weighted by molar-refractivity contribution is -0.128. The molecule has 1 aromatic heterocycles. The molecule has 1 unspecified atom stereocenters. The van der Waals surface area contributed by atoms with Crippen molar-refractivity contribution >= 4 is 5.91 Å². The first-order chi connectivity index (χ1) is 13.1. The van der Waals surface area contributed by atoms with Crippen LogP contribution in [0.1, 0.15) is 23.7 Å². The van der Waals surface area contributed by atoms with E-state index in [1.165, 1.54) is 6.07 Å². The van der Waals surface area contributed by atoms with Gasteiger partial charge in [-0.1, -0.05) is 23.4 Å². The molecule has 2 heterocycles. The lowest BCUT2D eigenvalue weighted by Crippen LogP contribution is -2.25. The number of hydrogen-bond donors (Lipinski definition) is 0. The van der Waals surface area contributed by atoms with Gasteiger partial charge in [0.1, 0.15) is 11.6 Å². The number of likely N-dealkylation sites (tertiary alicyclic amines) is 1. The summed E-state index contributed by atoms with van der Waals surface area (Å²) in [4.78, 5) is 18.4. The highest BCUT2D eigenvalue weighted by atomic mass is 19.1. The minimum atomic E-state index is -0.310. The van der Waals surface area contributed by atoms with Crippen molar-refractivity contribution in [2.24, 2.45) is 0 Å². The van der Waals surface area contributed by atoms with Crippen molar-refractivity contribution in [2.45, 2.75) is 18.9 Å². The minimum Gasteiger partial charge on any atom is -0.497 e. The first-order valence-corrected chi connectivity index (χ1v) is 8.63. The number of halogens is 1. The second-order valence-electron chi connectivity index (χ2n) is 6.45. The van der Waals surface area contributed by atoms with E-state index in [4.69, 9.17) is 9.26 Å². The van der Waals surface area contributed by atoms with E-state index in [2.05, 4.69) is 10.1 Å². The van der Waals surface area contributed by atoms with Crippen molar-refractivity contribution in [3.63, 3.8) is 0 Å². The summed E-state index contributed by atoms with van der Waals surface area (Å²) in [6.07, 6.45) is 0.288. The summed E-state index contributed by atoms with van der Waals surface area (Å²) in [6.45, 7) is 0.681. The van der Waals surface area contributed by atoms with E-state index in [0.29, 0.717) is 23.8 Å². The van der Waals surface area contributed by atoms with Gasteiger partial charge in [0.15, 0.2) is 5.82 Å². The first-order valence-electron chi connectivity index (χ1n) is 8.63. The molecule has 3 aromatic rings. The van der Waals surface area contributed by atoms with Gasteiger partial charge in [0.2, 0.25) is 5.91 Å². The Bertz CT molecular complexity index is 955. The summed E-state index contributed by atoms with van der Waals surface area (Å²) in [7, 11) is 1.60. The van der Waals surface area contributed by atoms with Gasteiger partial charge in [0.05, 0.1) is 7.11 Å². The van der Waals surface area contributed by atoms with Crippen LogP contribution in [0, 0.1) is 5.82 Å². The smallest absolute Gasteiger partial charge is 0.257 e. The Kier molecular flexibility index (Phi) is 4.58. The van der Waals surface area contributed by atoms with E-state index in [-0.39, 0.29) is 30.6 Å². The molecule has 1 saturated heterocycles. The normalized spacial score (nSPS) is 16.7. The Morgan fingerprint density at radius 3 is 2.74 bits per heavy atom. The van der Waals surface area contributed by atoms with Crippen LogP contribution >= 0.6 is 0 Å². The fourth-order valence-electron chi connectivity index (χ4n) is 3.18.